The highest BCUT2D eigenvalue weighted by Gasteiger charge is 2.02. The van der Waals surface area contributed by atoms with E-state index in [4.69, 9.17) is 11.6 Å². The molecule has 0 aliphatic rings. The largest absolute Gasteiger partial charge is 0.296 e. The van der Waals surface area contributed by atoms with Crippen LogP contribution in [0.15, 0.2) is 0 Å². The van der Waals surface area contributed by atoms with Gasteiger partial charge in [-0.05, 0) is 6.92 Å². The third-order valence-corrected chi connectivity index (χ3v) is 2.03. The summed E-state index contributed by atoms with van der Waals surface area (Å²) in [6.07, 6.45) is 0.659. The zero-order valence-electron chi connectivity index (χ0n) is 4.72. The van der Waals surface area contributed by atoms with Gasteiger partial charge in [0.2, 0.25) is 0 Å². The molecule has 0 saturated carbocycles. The molecule has 0 saturated heterocycles. The molecule has 9 heavy (non-hydrogen) atoms. The summed E-state index contributed by atoms with van der Waals surface area (Å²) in [6.45, 7) is 1.81. The van der Waals surface area contributed by atoms with Crippen LogP contribution in [0.1, 0.15) is 15.5 Å². The van der Waals surface area contributed by atoms with Crippen molar-refractivity contribution in [1.82, 2.24) is 4.98 Å². The summed E-state index contributed by atoms with van der Waals surface area (Å²) in [6, 6.07) is 0. The first-order valence-electron chi connectivity index (χ1n) is 2.32. The third kappa shape index (κ3) is 1.28. The average molecular weight is 162 g/mol. The SMILES string of the molecule is Cc1nc(C=O)c(Cl)s1. The second-order valence-corrected chi connectivity index (χ2v) is 3.31. The first kappa shape index (κ1) is 6.71. The van der Waals surface area contributed by atoms with Crippen LogP contribution in [-0.2, 0) is 0 Å². The number of aldehydes is 1. The van der Waals surface area contributed by atoms with E-state index in [-0.39, 0.29) is 0 Å². The number of nitrogens with zero attached hydrogens (tertiary/aromatic N) is 1. The minimum absolute atomic E-state index is 0.346. The maximum Gasteiger partial charge on any atom is 0.170 e. The summed E-state index contributed by atoms with van der Waals surface area (Å²) in [5.41, 5.74) is 0.346. The van der Waals surface area contributed by atoms with Gasteiger partial charge in [0.1, 0.15) is 10.0 Å². The standard InChI is InChI=1S/C5H4ClNOS/c1-3-7-4(2-8)5(6)9-3/h2H,1H3. The van der Waals surface area contributed by atoms with Crippen LogP contribution in [-0.4, -0.2) is 11.3 Å². The van der Waals surface area contributed by atoms with Crippen LogP contribution < -0.4 is 0 Å². The molecule has 0 aromatic carbocycles. The Labute approximate surface area is 61.5 Å². The van der Waals surface area contributed by atoms with Gasteiger partial charge >= 0.3 is 0 Å². The number of halogens is 1. The first-order valence-corrected chi connectivity index (χ1v) is 3.51. The van der Waals surface area contributed by atoms with Crippen molar-refractivity contribution in [3.05, 3.63) is 15.0 Å². The van der Waals surface area contributed by atoms with Crippen LogP contribution in [0.3, 0.4) is 0 Å². The lowest BCUT2D eigenvalue weighted by Crippen LogP contribution is -1.78. The number of aryl methyl sites for hydroxylation is 1. The fraction of sp³-hybridized carbons (Fsp3) is 0.200. The molecular weight excluding hydrogens is 158 g/mol. The molecule has 1 aromatic rings. The van der Waals surface area contributed by atoms with Gasteiger partial charge in [0, 0.05) is 0 Å². The van der Waals surface area contributed by atoms with Crippen molar-refractivity contribution in [2.45, 2.75) is 6.92 Å². The third-order valence-electron chi connectivity index (χ3n) is 0.828. The minimum Gasteiger partial charge on any atom is -0.296 e. The van der Waals surface area contributed by atoms with E-state index in [0.29, 0.717) is 16.3 Å². The highest BCUT2D eigenvalue weighted by molar-refractivity contribution is 7.16. The molecule has 0 spiro atoms. The van der Waals surface area contributed by atoms with Gasteiger partial charge in [0.25, 0.3) is 0 Å². The van der Waals surface area contributed by atoms with Gasteiger partial charge in [-0.3, -0.25) is 4.79 Å². The lowest BCUT2D eigenvalue weighted by atomic mass is 10.6. The molecule has 0 radical (unpaired) electrons. The smallest absolute Gasteiger partial charge is 0.170 e. The number of rotatable bonds is 1. The number of thiazole rings is 1. The van der Waals surface area contributed by atoms with Crippen LogP contribution in [0, 0.1) is 6.92 Å². The van der Waals surface area contributed by atoms with Crippen LogP contribution in [0.5, 0.6) is 0 Å². The molecule has 1 heterocycles. The fourth-order valence-electron chi connectivity index (χ4n) is 0.491. The monoisotopic (exact) mass is 161 g/mol. The zero-order valence-corrected chi connectivity index (χ0v) is 6.29. The molecule has 1 aromatic heterocycles. The molecule has 48 valence electrons. The van der Waals surface area contributed by atoms with E-state index < -0.39 is 0 Å². The fourth-order valence-corrected chi connectivity index (χ4v) is 1.51. The summed E-state index contributed by atoms with van der Waals surface area (Å²) in [5, 5.41) is 0.821. The van der Waals surface area contributed by atoms with E-state index in [2.05, 4.69) is 4.98 Å². The van der Waals surface area contributed by atoms with Crippen molar-refractivity contribution in [1.29, 1.82) is 0 Å². The quantitative estimate of drug-likeness (QED) is 0.589. The number of carbonyl (C=O) groups is 1. The summed E-state index contributed by atoms with van der Waals surface area (Å²) in [4.78, 5) is 13.9. The normalized spacial score (nSPS) is 9.56. The molecule has 0 unspecified atom stereocenters. The first-order chi connectivity index (χ1) is 4.24. The van der Waals surface area contributed by atoms with Gasteiger partial charge in [0.05, 0.1) is 5.01 Å². The molecular formula is C5H4ClNOS. The lowest BCUT2D eigenvalue weighted by Gasteiger charge is -1.74. The van der Waals surface area contributed by atoms with Gasteiger partial charge in [-0.1, -0.05) is 11.6 Å². The number of hydrogen-bond acceptors (Lipinski definition) is 3. The summed E-state index contributed by atoms with van der Waals surface area (Å²) in [5.74, 6) is 0. The Morgan fingerprint density at radius 2 is 2.44 bits per heavy atom. The Kier molecular flexibility index (Phi) is 1.83. The zero-order chi connectivity index (χ0) is 6.85. The van der Waals surface area contributed by atoms with Crippen molar-refractivity contribution in [2.75, 3.05) is 0 Å². The van der Waals surface area contributed by atoms with Gasteiger partial charge in [-0.25, -0.2) is 4.98 Å². The predicted octanol–water partition coefficient (Wildman–Crippen LogP) is 1.92. The summed E-state index contributed by atoms with van der Waals surface area (Å²) < 4.78 is 0.475. The second-order valence-electron chi connectivity index (χ2n) is 1.51. The Bertz CT molecular complexity index is 233. The van der Waals surface area contributed by atoms with E-state index in [1.165, 1.54) is 11.3 Å². The molecule has 0 atom stereocenters. The van der Waals surface area contributed by atoms with Crippen molar-refractivity contribution < 1.29 is 4.79 Å². The summed E-state index contributed by atoms with van der Waals surface area (Å²) in [7, 11) is 0. The van der Waals surface area contributed by atoms with E-state index in [9.17, 15) is 4.79 Å². The molecule has 0 amide bonds. The molecule has 0 aliphatic heterocycles. The van der Waals surface area contributed by atoms with Crippen LogP contribution in [0.25, 0.3) is 0 Å². The molecule has 0 N–H and O–H groups in total. The van der Waals surface area contributed by atoms with E-state index in [0.717, 1.165) is 5.01 Å². The minimum atomic E-state index is 0.346. The molecule has 2 nitrogen and oxygen atoms in total. The molecule has 4 heteroatoms. The van der Waals surface area contributed by atoms with Crippen LogP contribution in [0.2, 0.25) is 4.34 Å². The maximum absolute atomic E-state index is 10.1. The molecule has 0 fully saturated rings. The topological polar surface area (TPSA) is 30.0 Å². The lowest BCUT2D eigenvalue weighted by molar-refractivity contribution is 0.111. The van der Waals surface area contributed by atoms with Gasteiger partial charge in [-0.2, -0.15) is 0 Å². The highest BCUT2D eigenvalue weighted by atomic mass is 35.5. The maximum atomic E-state index is 10.1. The second kappa shape index (κ2) is 2.45. The Balaban J connectivity index is 3.15. The Morgan fingerprint density at radius 3 is 2.67 bits per heavy atom. The number of aromatic nitrogens is 1. The highest BCUT2D eigenvalue weighted by Crippen LogP contribution is 2.21. The molecule has 0 bridgehead atoms. The van der Waals surface area contributed by atoms with Crippen molar-refractivity contribution in [3.8, 4) is 0 Å². The van der Waals surface area contributed by atoms with Crippen LogP contribution >= 0.6 is 22.9 Å². The van der Waals surface area contributed by atoms with Gasteiger partial charge in [-0.15, -0.1) is 11.3 Å². The Morgan fingerprint density at radius 1 is 1.78 bits per heavy atom. The van der Waals surface area contributed by atoms with Gasteiger partial charge < -0.3 is 0 Å². The van der Waals surface area contributed by atoms with Crippen molar-refractivity contribution in [2.24, 2.45) is 0 Å². The van der Waals surface area contributed by atoms with E-state index >= 15 is 0 Å². The summed E-state index contributed by atoms with van der Waals surface area (Å²) >= 11 is 6.89. The van der Waals surface area contributed by atoms with E-state index in [1.807, 2.05) is 6.92 Å². The predicted molar refractivity (Wildman–Crippen MR) is 37.2 cm³/mol. The molecule has 1 rings (SSSR count). The van der Waals surface area contributed by atoms with Crippen LogP contribution in [0.4, 0.5) is 0 Å². The van der Waals surface area contributed by atoms with Crippen molar-refractivity contribution >= 4 is 29.2 Å². The molecule has 0 aliphatic carbocycles. The van der Waals surface area contributed by atoms with Gasteiger partial charge in [0.15, 0.2) is 6.29 Å². The number of hydrogen-bond donors (Lipinski definition) is 0. The van der Waals surface area contributed by atoms with E-state index in [1.54, 1.807) is 0 Å². The Hall–Kier alpha value is -0.410. The number of carbonyl (C=O) groups excluding carboxylic acids is 1. The van der Waals surface area contributed by atoms with Crippen molar-refractivity contribution in [3.63, 3.8) is 0 Å². The average Bonchev–Trinajstić information content (AvgIpc) is 2.10.